The van der Waals surface area contributed by atoms with Gasteiger partial charge in [0.25, 0.3) is 0 Å². The van der Waals surface area contributed by atoms with Crippen LogP contribution in [0.4, 0.5) is 0 Å². The summed E-state index contributed by atoms with van der Waals surface area (Å²) in [6, 6.07) is 0. The Bertz CT molecular complexity index is 219. The Morgan fingerprint density at radius 1 is 1.47 bits per heavy atom. The minimum atomic E-state index is 0.913. The van der Waals surface area contributed by atoms with Gasteiger partial charge in [-0.15, -0.1) is 0 Å². The quantitative estimate of drug-likeness (QED) is 0.702. The first kappa shape index (κ1) is 10.7. The molecule has 0 aromatic heterocycles. The lowest BCUT2D eigenvalue weighted by molar-refractivity contribution is 0.213. The number of nitrogens with zero attached hydrogens (tertiary/aromatic N) is 2. The average Bonchev–Trinajstić information content (AvgIpc) is 2.74. The molecule has 0 aliphatic carbocycles. The second-order valence-corrected chi connectivity index (χ2v) is 4.62. The van der Waals surface area contributed by atoms with Crippen LogP contribution in [0.25, 0.3) is 0 Å². The maximum Gasteiger partial charge on any atom is 0.191 e. The van der Waals surface area contributed by atoms with Gasteiger partial charge in [-0.1, -0.05) is 0 Å². The Balaban J connectivity index is 1.57. The van der Waals surface area contributed by atoms with Crippen molar-refractivity contribution in [3.05, 3.63) is 0 Å². The SMILES string of the molecule is CN1CCC(CCNC2=NCCN2)CC1. The number of hydrogen-bond donors (Lipinski definition) is 2. The molecule has 2 aliphatic heterocycles. The molecule has 0 amide bonds. The van der Waals surface area contributed by atoms with E-state index < -0.39 is 0 Å². The van der Waals surface area contributed by atoms with E-state index in [4.69, 9.17) is 0 Å². The van der Waals surface area contributed by atoms with Crippen molar-refractivity contribution < 1.29 is 0 Å². The van der Waals surface area contributed by atoms with Crippen LogP contribution in [0.2, 0.25) is 0 Å². The number of hydrogen-bond acceptors (Lipinski definition) is 4. The fourth-order valence-electron chi connectivity index (χ4n) is 2.26. The summed E-state index contributed by atoms with van der Waals surface area (Å²) in [5, 5.41) is 6.60. The van der Waals surface area contributed by atoms with Crippen molar-refractivity contribution in [2.75, 3.05) is 39.8 Å². The van der Waals surface area contributed by atoms with Crippen LogP contribution >= 0.6 is 0 Å². The van der Waals surface area contributed by atoms with Gasteiger partial charge >= 0.3 is 0 Å². The van der Waals surface area contributed by atoms with Crippen LogP contribution in [0.1, 0.15) is 19.3 Å². The van der Waals surface area contributed by atoms with Gasteiger partial charge in [0.2, 0.25) is 0 Å². The minimum absolute atomic E-state index is 0.913. The van der Waals surface area contributed by atoms with E-state index in [0.717, 1.165) is 31.5 Å². The van der Waals surface area contributed by atoms with E-state index in [2.05, 4.69) is 27.6 Å². The third-order valence-electron chi connectivity index (χ3n) is 3.36. The Kier molecular flexibility index (Phi) is 3.83. The van der Waals surface area contributed by atoms with Crippen LogP contribution in [-0.2, 0) is 0 Å². The normalized spacial score (nSPS) is 23.7. The van der Waals surface area contributed by atoms with Crippen LogP contribution < -0.4 is 10.6 Å². The van der Waals surface area contributed by atoms with Crippen molar-refractivity contribution in [2.45, 2.75) is 19.3 Å². The first-order valence-corrected chi connectivity index (χ1v) is 6.05. The van der Waals surface area contributed by atoms with Crippen molar-refractivity contribution in [1.29, 1.82) is 0 Å². The summed E-state index contributed by atoms with van der Waals surface area (Å²) < 4.78 is 0. The number of nitrogens with one attached hydrogen (secondary N) is 2. The predicted molar refractivity (Wildman–Crippen MR) is 63.1 cm³/mol. The summed E-state index contributed by atoms with van der Waals surface area (Å²) in [6.45, 7) is 5.53. The molecule has 0 aromatic carbocycles. The van der Waals surface area contributed by atoms with Crippen molar-refractivity contribution in [1.82, 2.24) is 15.5 Å². The van der Waals surface area contributed by atoms with Gasteiger partial charge in [0, 0.05) is 13.1 Å². The molecule has 4 heteroatoms. The Morgan fingerprint density at radius 2 is 2.27 bits per heavy atom. The van der Waals surface area contributed by atoms with Crippen LogP contribution in [0, 0.1) is 5.92 Å². The van der Waals surface area contributed by atoms with Crippen molar-refractivity contribution in [3.63, 3.8) is 0 Å². The summed E-state index contributed by atoms with van der Waals surface area (Å²) in [6.07, 6.45) is 4.00. The average molecular weight is 210 g/mol. The zero-order valence-electron chi connectivity index (χ0n) is 9.63. The molecule has 0 radical (unpaired) electrons. The molecule has 2 N–H and O–H groups in total. The predicted octanol–water partition coefficient (Wildman–Crippen LogP) is 0.267. The highest BCUT2D eigenvalue weighted by molar-refractivity contribution is 5.81. The van der Waals surface area contributed by atoms with Crippen LogP contribution in [0.15, 0.2) is 4.99 Å². The number of likely N-dealkylation sites (tertiary alicyclic amines) is 1. The van der Waals surface area contributed by atoms with Gasteiger partial charge in [0.05, 0.1) is 6.54 Å². The van der Waals surface area contributed by atoms with Gasteiger partial charge in [-0.2, -0.15) is 0 Å². The molecule has 0 aromatic rings. The highest BCUT2D eigenvalue weighted by Crippen LogP contribution is 2.18. The van der Waals surface area contributed by atoms with E-state index >= 15 is 0 Å². The van der Waals surface area contributed by atoms with E-state index in [1.54, 1.807) is 0 Å². The molecule has 0 saturated carbocycles. The van der Waals surface area contributed by atoms with E-state index in [9.17, 15) is 0 Å². The van der Waals surface area contributed by atoms with Crippen molar-refractivity contribution >= 4 is 5.96 Å². The number of rotatable bonds is 3. The molecule has 2 heterocycles. The van der Waals surface area contributed by atoms with Gasteiger partial charge in [-0.3, -0.25) is 4.99 Å². The molecule has 1 saturated heterocycles. The largest absolute Gasteiger partial charge is 0.356 e. The third kappa shape index (κ3) is 3.38. The van der Waals surface area contributed by atoms with Crippen molar-refractivity contribution in [2.24, 2.45) is 10.9 Å². The summed E-state index contributed by atoms with van der Waals surface area (Å²) in [4.78, 5) is 6.74. The highest BCUT2D eigenvalue weighted by atomic mass is 15.2. The second kappa shape index (κ2) is 5.35. The zero-order chi connectivity index (χ0) is 10.5. The fraction of sp³-hybridized carbons (Fsp3) is 0.909. The van der Waals surface area contributed by atoms with Gasteiger partial charge < -0.3 is 15.5 Å². The molecule has 1 fully saturated rings. The van der Waals surface area contributed by atoms with Gasteiger partial charge in [0.15, 0.2) is 5.96 Å². The summed E-state index contributed by atoms with van der Waals surface area (Å²) >= 11 is 0. The van der Waals surface area contributed by atoms with Crippen LogP contribution in [-0.4, -0.2) is 50.6 Å². The molecular formula is C11H22N4. The van der Waals surface area contributed by atoms with Gasteiger partial charge in [-0.05, 0) is 45.3 Å². The fourth-order valence-corrected chi connectivity index (χ4v) is 2.26. The third-order valence-corrected chi connectivity index (χ3v) is 3.36. The summed E-state index contributed by atoms with van der Waals surface area (Å²) in [7, 11) is 2.21. The Hall–Kier alpha value is -0.770. The molecule has 4 nitrogen and oxygen atoms in total. The maximum absolute atomic E-state index is 4.32. The molecule has 15 heavy (non-hydrogen) atoms. The molecule has 2 aliphatic rings. The lowest BCUT2D eigenvalue weighted by Crippen LogP contribution is -2.36. The molecule has 86 valence electrons. The standard InChI is InChI=1S/C11H22N4/c1-15-8-3-10(4-9-15)2-5-12-11-13-6-7-14-11/h10H,2-9H2,1H3,(H2,12,13,14). The maximum atomic E-state index is 4.32. The van der Waals surface area contributed by atoms with E-state index in [1.807, 2.05) is 0 Å². The molecule has 0 atom stereocenters. The van der Waals surface area contributed by atoms with E-state index in [-0.39, 0.29) is 0 Å². The first-order chi connectivity index (χ1) is 7.34. The molecule has 2 rings (SSSR count). The lowest BCUT2D eigenvalue weighted by Gasteiger charge is -2.28. The number of guanidine groups is 1. The highest BCUT2D eigenvalue weighted by Gasteiger charge is 2.16. The first-order valence-electron chi connectivity index (χ1n) is 6.05. The van der Waals surface area contributed by atoms with Crippen LogP contribution in [0.5, 0.6) is 0 Å². The summed E-state index contributed by atoms with van der Waals surface area (Å²) in [5.74, 6) is 1.92. The number of aliphatic imine (C=N–C) groups is 1. The van der Waals surface area contributed by atoms with Gasteiger partial charge in [0.1, 0.15) is 0 Å². The smallest absolute Gasteiger partial charge is 0.191 e. The Morgan fingerprint density at radius 3 is 2.93 bits per heavy atom. The van der Waals surface area contributed by atoms with Crippen LogP contribution in [0.3, 0.4) is 0 Å². The van der Waals surface area contributed by atoms with Crippen molar-refractivity contribution in [3.8, 4) is 0 Å². The lowest BCUT2D eigenvalue weighted by atomic mass is 9.94. The summed E-state index contributed by atoms with van der Waals surface area (Å²) in [5.41, 5.74) is 0. The molecule has 0 spiro atoms. The Labute approximate surface area is 92.1 Å². The number of piperidine rings is 1. The monoisotopic (exact) mass is 210 g/mol. The van der Waals surface area contributed by atoms with E-state index in [0.29, 0.717) is 0 Å². The zero-order valence-corrected chi connectivity index (χ0v) is 9.63. The second-order valence-electron chi connectivity index (χ2n) is 4.62. The van der Waals surface area contributed by atoms with Gasteiger partial charge in [-0.25, -0.2) is 0 Å². The molecular weight excluding hydrogens is 188 g/mol. The topological polar surface area (TPSA) is 39.7 Å². The van der Waals surface area contributed by atoms with E-state index in [1.165, 1.54) is 32.4 Å². The molecule has 0 unspecified atom stereocenters. The minimum Gasteiger partial charge on any atom is -0.356 e. The molecule has 0 bridgehead atoms.